The second kappa shape index (κ2) is 9.56. The van der Waals surface area contributed by atoms with Gasteiger partial charge in [0.2, 0.25) is 0 Å². The minimum atomic E-state index is 0. The summed E-state index contributed by atoms with van der Waals surface area (Å²) in [4.78, 5) is 0. The van der Waals surface area contributed by atoms with Crippen LogP contribution in [0, 0.1) is 17.8 Å². The first-order chi connectivity index (χ1) is 4.77. The highest BCUT2D eigenvalue weighted by Crippen LogP contribution is 1.97. The van der Waals surface area contributed by atoms with Gasteiger partial charge in [-0.25, -0.2) is 0 Å². The fourth-order valence-electron chi connectivity index (χ4n) is 0.740. The Morgan fingerprint density at radius 3 is 2.27 bits per heavy atom. The Bertz CT molecular complexity index is 112. The molecule has 0 nitrogen and oxygen atoms in total. The van der Waals surface area contributed by atoms with Gasteiger partial charge in [0.1, 0.15) is 0 Å². The van der Waals surface area contributed by atoms with Crippen molar-refractivity contribution in [2.24, 2.45) is 5.92 Å². The van der Waals surface area contributed by atoms with Gasteiger partial charge >= 0.3 is 0 Å². The summed E-state index contributed by atoms with van der Waals surface area (Å²) in [5.74, 6) is 6.87. The number of rotatable bonds is 3. The van der Waals surface area contributed by atoms with Crippen LogP contribution in [0.1, 0.15) is 53.9 Å². The molecule has 0 heteroatoms. The normalized spacial score (nSPS) is 8.36. The van der Waals surface area contributed by atoms with E-state index in [1.54, 1.807) is 0 Å². The van der Waals surface area contributed by atoms with E-state index < -0.39 is 0 Å². The molecule has 0 N–H and O–H groups in total. The Morgan fingerprint density at radius 2 is 1.82 bits per heavy atom. The number of hydrogen-bond acceptors (Lipinski definition) is 0. The minimum absolute atomic E-state index is 0. The second-order valence-corrected chi connectivity index (χ2v) is 2.93. The van der Waals surface area contributed by atoms with E-state index in [9.17, 15) is 0 Å². The van der Waals surface area contributed by atoms with E-state index in [0.29, 0.717) is 5.92 Å². The SMILES string of the molecule is C.CCCCCC#CC(C)C. The maximum atomic E-state index is 3.17. The van der Waals surface area contributed by atoms with Crippen LogP contribution in [0.5, 0.6) is 0 Å². The van der Waals surface area contributed by atoms with Crippen LogP contribution in [-0.4, -0.2) is 0 Å². The third kappa shape index (κ3) is 12.7. The molecule has 0 unspecified atom stereocenters. The molecule has 0 heterocycles. The summed E-state index contributed by atoms with van der Waals surface area (Å²) in [5, 5.41) is 0. The molecule has 0 amide bonds. The van der Waals surface area contributed by atoms with Crippen LogP contribution >= 0.6 is 0 Å². The lowest BCUT2D eigenvalue weighted by atomic mass is 10.2. The van der Waals surface area contributed by atoms with Gasteiger partial charge in [-0.2, -0.15) is 0 Å². The van der Waals surface area contributed by atoms with Crippen molar-refractivity contribution in [2.45, 2.75) is 53.9 Å². The first-order valence-corrected chi connectivity index (χ1v) is 4.25. The molecule has 0 radical (unpaired) electrons. The first kappa shape index (κ1) is 13.2. The lowest BCUT2D eigenvalue weighted by Crippen LogP contribution is -1.78. The lowest BCUT2D eigenvalue weighted by molar-refractivity contribution is 0.735. The zero-order chi connectivity index (χ0) is 7.82. The lowest BCUT2D eigenvalue weighted by Gasteiger charge is -1.90. The molecule has 0 fully saturated rings. The summed E-state index contributed by atoms with van der Waals surface area (Å²) in [5.41, 5.74) is 0. The standard InChI is InChI=1S/C10H18.CH4/c1-4-5-6-7-8-9-10(2)3;/h10H,4-7H2,1-3H3;1H4. The van der Waals surface area contributed by atoms with Crippen LogP contribution in [0.3, 0.4) is 0 Å². The van der Waals surface area contributed by atoms with Crippen LogP contribution < -0.4 is 0 Å². The molecule has 0 rings (SSSR count). The Morgan fingerprint density at radius 1 is 1.18 bits per heavy atom. The average Bonchev–Trinajstić information content (AvgIpc) is 1.87. The maximum Gasteiger partial charge on any atom is 0.0146 e. The third-order valence-electron chi connectivity index (χ3n) is 1.30. The molecule has 0 aliphatic carbocycles. The van der Waals surface area contributed by atoms with Crippen molar-refractivity contribution in [2.75, 3.05) is 0 Å². The zero-order valence-corrected chi connectivity index (χ0v) is 7.41. The molecule has 11 heavy (non-hydrogen) atoms. The van der Waals surface area contributed by atoms with E-state index in [0.717, 1.165) is 6.42 Å². The molecule has 66 valence electrons. The van der Waals surface area contributed by atoms with E-state index in [4.69, 9.17) is 0 Å². The van der Waals surface area contributed by atoms with Gasteiger partial charge in [0, 0.05) is 12.3 Å². The van der Waals surface area contributed by atoms with Gasteiger partial charge < -0.3 is 0 Å². The van der Waals surface area contributed by atoms with E-state index in [1.165, 1.54) is 19.3 Å². The summed E-state index contributed by atoms with van der Waals surface area (Å²) < 4.78 is 0. The first-order valence-electron chi connectivity index (χ1n) is 4.25. The predicted octanol–water partition coefficient (Wildman–Crippen LogP) is 3.86. The Kier molecular flexibility index (Phi) is 11.4. The molecule has 0 aromatic rings. The van der Waals surface area contributed by atoms with Crippen LogP contribution in [0.25, 0.3) is 0 Å². The van der Waals surface area contributed by atoms with Crippen molar-refractivity contribution in [3.05, 3.63) is 0 Å². The van der Waals surface area contributed by atoms with Crippen LogP contribution in [0.4, 0.5) is 0 Å². The van der Waals surface area contributed by atoms with Crippen LogP contribution in [0.15, 0.2) is 0 Å². The molecule has 0 aromatic heterocycles. The Hall–Kier alpha value is -0.440. The van der Waals surface area contributed by atoms with Gasteiger partial charge in [-0.3, -0.25) is 0 Å². The largest absolute Gasteiger partial charge is 0.103 e. The van der Waals surface area contributed by atoms with Gasteiger partial charge in [0.25, 0.3) is 0 Å². The molecule has 0 spiro atoms. The predicted molar refractivity (Wildman–Crippen MR) is 53.5 cm³/mol. The smallest absolute Gasteiger partial charge is 0.0146 e. The van der Waals surface area contributed by atoms with Gasteiger partial charge in [-0.15, -0.1) is 11.8 Å². The zero-order valence-electron chi connectivity index (χ0n) is 7.41. The molecule has 0 saturated heterocycles. The summed E-state index contributed by atoms with van der Waals surface area (Å²) in [6.45, 7) is 6.48. The topological polar surface area (TPSA) is 0 Å². The number of hydrogen-bond donors (Lipinski definition) is 0. The fourth-order valence-corrected chi connectivity index (χ4v) is 0.740. The molecular formula is C11H22. The quantitative estimate of drug-likeness (QED) is 0.427. The van der Waals surface area contributed by atoms with E-state index in [1.807, 2.05) is 0 Å². The van der Waals surface area contributed by atoms with Crippen molar-refractivity contribution >= 4 is 0 Å². The summed E-state index contributed by atoms with van der Waals surface area (Å²) in [7, 11) is 0. The number of unbranched alkanes of at least 4 members (excludes halogenated alkanes) is 3. The highest BCUT2D eigenvalue weighted by Gasteiger charge is 1.82. The molecule has 0 bridgehead atoms. The van der Waals surface area contributed by atoms with Gasteiger partial charge in [-0.05, 0) is 6.42 Å². The maximum absolute atomic E-state index is 3.17. The summed E-state index contributed by atoms with van der Waals surface area (Å²) in [6, 6.07) is 0. The van der Waals surface area contributed by atoms with E-state index in [-0.39, 0.29) is 7.43 Å². The van der Waals surface area contributed by atoms with Gasteiger partial charge in [0.05, 0.1) is 0 Å². The van der Waals surface area contributed by atoms with Crippen molar-refractivity contribution in [1.29, 1.82) is 0 Å². The van der Waals surface area contributed by atoms with Gasteiger partial charge in [-0.1, -0.05) is 41.0 Å². The van der Waals surface area contributed by atoms with Crippen molar-refractivity contribution in [3.63, 3.8) is 0 Å². The average molecular weight is 154 g/mol. The molecule has 0 atom stereocenters. The van der Waals surface area contributed by atoms with E-state index >= 15 is 0 Å². The summed E-state index contributed by atoms with van der Waals surface area (Å²) in [6.07, 6.45) is 4.98. The van der Waals surface area contributed by atoms with Crippen molar-refractivity contribution in [1.82, 2.24) is 0 Å². The fraction of sp³-hybridized carbons (Fsp3) is 0.818. The Labute approximate surface area is 72.4 Å². The highest BCUT2D eigenvalue weighted by atomic mass is 13.9. The third-order valence-corrected chi connectivity index (χ3v) is 1.30. The van der Waals surface area contributed by atoms with Crippen LogP contribution in [0.2, 0.25) is 0 Å². The minimum Gasteiger partial charge on any atom is -0.103 e. The molecular weight excluding hydrogens is 132 g/mol. The second-order valence-electron chi connectivity index (χ2n) is 2.93. The summed E-state index contributed by atoms with van der Waals surface area (Å²) >= 11 is 0. The monoisotopic (exact) mass is 154 g/mol. The molecule has 0 aliphatic rings. The molecule has 0 aliphatic heterocycles. The van der Waals surface area contributed by atoms with E-state index in [2.05, 4.69) is 32.6 Å². The molecule has 0 aromatic carbocycles. The van der Waals surface area contributed by atoms with Crippen LogP contribution in [-0.2, 0) is 0 Å². The Balaban J connectivity index is 0. The van der Waals surface area contributed by atoms with Crippen molar-refractivity contribution in [3.8, 4) is 11.8 Å². The molecule has 0 saturated carbocycles. The highest BCUT2D eigenvalue weighted by molar-refractivity contribution is 5.00. The van der Waals surface area contributed by atoms with Gasteiger partial charge in [0.15, 0.2) is 0 Å². The van der Waals surface area contributed by atoms with Crippen molar-refractivity contribution < 1.29 is 0 Å².